The molecule has 4 nitrogen and oxygen atoms in total. The quantitative estimate of drug-likeness (QED) is 0.852. The Morgan fingerprint density at radius 1 is 1.19 bits per heavy atom. The third-order valence-electron chi connectivity index (χ3n) is 2.97. The van der Waals surface area contributed by atoms with Gasteiger partial charge in [-0.3, -0.25) is 4.98 Å². The van der Waals surface area contributed by atoms with Gasteiger partial charge in [-0.25, -0.2) is 0 Å². The van der Waals surface area contributed by atoms with E-state index in [4.69, 9.17) is 16.3 Å². The third kappa shape index (κ3) is 5.69. The number of rotatable bonds is 7. The lowest BCUT2D eigenvalue weighted by molar-refractivity contribution is 0.170. The first-order valence-corrected chi connectivity index (χ1v) is 7.28. The Labute approximate surface area is 130 Å². The topological polar surface area (TPSA) is 47.0 Å². The van der Waals surface area contributed by atoms with Crippen LogP contribution in [0.3, 0.4) is 0 Å². The van der Waals surface area contributed by atoms with Gasteiger partial charge in [-0.05, 0) is 5.56 Å². The summed E-state index contributed by atoms with van der Waals surface area (Å²) < 4.78 is 5.66. The molecule has 0 atom stereocenters. The van der Waals surface area contributed by atoms with Crippen molar-refractivity contribution in [3.05, 3.63) is 53.4 Å². The summed E-state index contributed by atoms with van der Waals surface area (Å²) in [6.45, 7) is 6.52. The van der Waals surface area contributed by atoms with Crippen LogP contribution in [0.2, 0.25) is 5.15 Å². The second-order valence-electron chi connectivity index (χ2n) is 5.72. The Hall–Kier alpha value is -1.65. The van der Waals surface area contributed by atoms with E-state index < -0.39 is 0 Å². The predicted octanol–water partition coefficient (Wildman–Crippen LogP) is 3.32. The molecule has 1 heterocycles. The minimum absolute atomic E-state index is 0.0151. The predicted molar refractivity (Wildman–Crippen MR) is 84.5 cm³/mol. The van der Waals surface area contributed by atoms with Gasteiger partial charge in [0.2, 0.25) is 5.88 Å². The maximum Gasteiger partial charge on any atom is 0.233 e. The van der Waals surface area contributed by atoms with E-state index in [0.29, 0.717) is 17.6 Å². The lowest BCUT2D eigenvalue weighted by Gasteiger charge is -2.24. The highest BCUT2D eigenvalue weighted by atomic mass is 35.5. The fourth-order valence-corrected chi connectivity index (χ4v) is 2.00. The van der Waals surface area contributed by atoms with E-state index >= 15 is 0 Å². The number of nitrogens with one attached hydrogen (secondary N) is 1. The zero-order valence-corrected chi connectivity index (χ0v) is 13.1. The maximum absolute atomic E-state index is 5.78. The number of hydrogen-bond acceptors (Lipinski definition) is 4. The average molecular weight is 306 g/mol. The van der Waals surface area contributed by atoms with Crippen LogP contribution in [0.1, 0.15) is 19.4 Å². The van der Waals surface area contributed by atoms with Gasteiger partial charge in [0, 0.05) is 18.5 Å². The standard InChI is InChI=1S/C16H20ClN3O/c1-16(2,11-19-8-13-6-4-3-5-7-13)12-21-15-10-18-9-14(17)20-15/h3-7,9-10,19H,8,11-12H2,1-2H3. The Morgan fingerprint density at radius 3 is 2.67 bits per heavy atom. The van der Waals surface area contributed by atoms with E-state index in [1.54, 1.807) is 6.20 Å². The molecule has 0 aliphatic rings. The van der Waals surface area contributed by atoms with Gasteiger partial charge in [0.15, 0.2) is 5.15 Å². The highest BCUT2D eigenvalue weighted by Gasteiger charge is 2.19. The van der Waals surface area contributed by atoms with Gasteiger partial charge in [0.25, 0.3) is 0 Å². The molecule has 0 spiro atoms. The number of halogens is 1. The molecule has 112 valence electrons. The molecule has 5 heteroatoms. The van der Waals surface area contributed by atoms with Crippen molar-refractivity contribution in [2.45, 2.75) is 20.4 Å². The van der Waals surface area contributed by atoms with Gasteiger partial charge in [-0.2, -0.15) is 4.98 Å². The van der Waals surface area contributed by atoms with Crippen molar-refractivity contribution in [1.29, 1.82) is 0 Å². The largest absolute Gasteiger partial charge is 0.476 e. The summed E-state index contributed by atoms with van der Waals surface area (Å²) in [6.07, 6.45) is 3.06. The van der Waals surface area contributed by atoms with Crippen molar-refractivity contribution in [2.24, 2.45) is 5.41 Å². The summed E-state index contributed by atoms with van der Waals surface area (Å²) in [5.41, 5.74) is 1.26. The zero-order valence-electron chi connectivity index (χ0n) is 12.3. The Bertz CT molecular complexity index is 560. The molecule has 2 aromatic rings. The van der Waals surface area contributed by atoms with Crippen LogP contribution in [-0.2, 0) is 6.54 Å². The Kier molecular flexibility index (Phi) is 5.53. The normalized spacial score (nSPS) is 11.4. The molecular formula is C16H20ClN3O. The van der Waals surface area contributed by atoms with Gasteiger partial charge in [0.05, 0.1) is 19.0 Å². The minimum Gasteiger partial charge on any atom is -0.476 e. The fraction of sp³-hybridized carbons (Fsp3) is 0.375. The van der Waals surface area contributed by atoms with E-state index in [9.17, 15) is 0 Å². The van der Waals surface area contributed by atoms with Crippen molar-refractivity contribution >= 4 is 11.6 Å². The summed E-state index contributed by atoms with van der Waals surface area (Å²) in [5, 5.41) is 3.79. The molecule has 2 rings (SSSR count). The molecule has 1 aromatic carbocycles. The third-order valence-corrected chi connectivity index (χ3v) is 3.15. The Morgan fingerprint density at radius 2 is 1.95 bits per heavy atom. The molecular weight excluding hydrogens is 286 g/mol. The second kappa shape index (κ2) is 7.38. The SMILES string of the molecule is CC(C)(CNCc1ccccc1)COc1cncc(Cl)n1. The highest BCUT2D eigenvalue weighted by molar-refractivity contribution is 6.29. The van der Waals surface area contributed by atoms with Crippen LogP contribution >= 0.6 is 11.6 Å². The van der Waals surface area contributed by atoms with E-state index in [1.165, 1.54) is 11.8 Å². The van der Waals surface area contributed by atoms with Crippen LogP contribution in [0.25, 0.3) is 0 Å². The zero-order chi connectivity index (χ0) is 15.1. The van der Waals surface area contributed by atoms with E-state index in [-0.39, 0.29) is 5.41 Å². The second-order valence-corrected chi connectivity index (χ2v) is 6.11. The monoisotopic (exact) mass is 305 g/mol. The van der Waals surface area contributed by atoms with Crippen molar-refractivity contribution in [2.75, 3.05) is 13.2 Å². The molecule has 0 fully saturated rings. The molecule has 0 aliphatic heterocycles. The first-order valence-electron chi connectivity index (χ1n) is 6.90. The van der Waals surface area contributed by atoms with E-state index in [1.807, 2.05) is 18.2 Å². The summed E-state index contributed by atoms with van der Waals surface area (Å²) in [4.78, 5) is 8.02. The molecule has 1 N–H and O–H groups in total. The smallest absolute Gasteiger partial charge is 0.233 e. The summed E-state index contributed by atoms with van der Waals surface area (Å²) in [5.74, 6) is 0.457. The number of ether oxygens (including phenoxy) is 1. The molecule has 0 saturated carbocycles. The highest BCUT2D eigenvalue weighted by Crippen LogP contribution is 2.17. The van der Waals surface area contributed by atoms with Gasteiger partial charge in [0.1, 0.15) is 0 Å². The molecule has 0 amide bonds. The van der Waals surface area contributed by atoms with Crippen LogP contribution in [-0.4, -0.2) is 23.1 Å². The van der Waals surface area contributed by atoms with E-state index in [0.717, 1.165) is 13.1 Å². The first-order chi connectivity index (χ1) is 10.1. The summed E-state index contributed by atoms with van der Waals surface area (Å²) in [6, 6.07) is 10.3. The number of benzene rings is 1. The number of hydrogen-bond donors (Lipinski definition) is 1. The molecule has 0 bridgehead atoms. The number of nitrogens with zero attached hydrogens (tertiary/aromatic N) is 2. The fourth-order valence-electron chi connectivity index (χ4n) is 1.86. The molecule has 0 aliphatic carbocycles. The van der Waals surface area contributed by atoms with Crippen LogP contribution < -0.4 is 10.1 Å². The first kappa shape index (κ1) is 15.7. The minimum atomic E-state index is -0.0151. The summed E-state index contributed by atoms with van der Waals surface area (Å²) >= 11 is 5.78. The van der Waals surface area contributed by atoms with Gasteiger partial charge < -0.3 is 10.1 Å². The molecule has 0 saturated heterocycles. The van der Waals surface area contributed by atoms with Crippen LogP contribution in [0.15, 0.2) is 42.7 Å². The van der Waals surface area contributed by atoms with Crippen molar-refractivity contribution in [3.8, 4) is 5.88 Å². The lowest BCUT2D eigenvalue weighted by Crippen LogP contribution is -2.34. The van der Waals surface area contributed by atoms with Crippen LogP contribution in [0.4, 0.5) is 0 Å². The maximum atomic E-state index is 5.78. The van der Waals surface area contributed by atoms with Crippen molar-refractivity contribution in [3.63, 3.8) is 0 Å². The van der Waals surface area contributed by atoms with Gasteiger partial charge in [-0.1, -0.05) is 55.8 Å². The molecule has 0 unspecified atom stereocenters. The number of aromatic nitrogens is 2. The summed E-state index contributed by atoms with van der Waals surface area (Å²) in [7, 11) is 0. The van der Waals surface area contributed by atoms with Gasteiger partial charge in [-0.15, -0.1) is 0 Å². The molecule has 0 radical (unpaired) electrons. The van der Waals surface area contributed by atoms with Crippen LogP contribution in [0, 0.1) is 5.41 Å². The molecule has 21 heavy (non-hydrogen) atoms. The van der Waals surface area contributed by atoms with Crippen molar-refractivity contribution < 1.29 is 4.74 Å². The van der Waals surface area contributed by atoms with Crippen molar-refractivity contribution in [1.82, 2.24) is 15.3 Å². The lowest BCUT2D eigenvalue weighted by atomic mass is 9.95. The van der Waals surface area contributed by atoms with Gasteiger partial charge >= 0.3 is 0 Å². The van der Waals surface area contributed by atoms with E-state index in [2.05, 4.69) is 41.3 Å². The Balaban J connectivity index is 1.76. The molecule has 1 aromatic heterocycles. The van der Waals surface area contributed by atoms with Crippen LogP contribution in [0.5, 0.6) is 5.88 Å². The average Bonchev–Trinajstić information content (AvgIpc) is 2.46.